The van der Waals surface area contributed by atoms with E-state index in [2.05, 4.69) is 4.72 Å². The molecule has 10 heteroatoms. The molecule has 164 valence electrons. The summed E-state index contributed by atoms with van der Waals surface area (Å²) in [5.74, 6) is -1.01. The molecule has 0 saturated heterocycles. The minimum atomic E-state index is -3.94. The fourth-order valence-corrected chi connectivity index (χ4v) is 5.74. The smallest absolute Gasteiger partial charge is 0.303 e. The maximum Gasteiger partial charge on any atom is 0.303 e. The topological polar surface area (TPSA) is 121 Å². The number of hydrogen-bond donors (Lipinski definition) is 2. The standard InChI is InChI=1S/C20H26N2O6S2/c1-14-7-10-17(11-8-14)30(27,28)22(4)20-15(2)9-12-18(16(20)3)29(25,26)21-13-5-6-19(23)24/h7-12,21H,5-6,13H2,1-4H3,(H,23,24). The molecule has 0 heterocycles. The Bertz CT molecular complexity index is 1140. The molecule has 2 aromatic carbocycles. The maximum absolute atomic E-state index is 13.1. The molecule has 0 aromatic heterocycles. The van der Waals surface area contributed by atoms with Gasteiger partial charge in [-0.3, -0.25) is 9.10 Å². The van der Waals surface area contributed by atoms with Gasteiger partial charge in [0.15, 0.2) is 0 Å². The largest absolute Gasteiger partial charge is 0.481 e. The third-order valence-corrected chi connectivity index (χ3v) is 8.10. The van der Waals surface area contributed by atoms with Crippen LogP contribution < -0.4 is 9.03 Å². The Morgan fingerprint density at radius 3 is 2.17 bits per heavy atom. The number of rotatable bonds is 9. The van der Waals surface area contributed by atoms with E-state index in [-0.39, 0.29) is 34.9 Å². The normalized spacial score (nSPS) is 12.0. The molecule has 2 N–H and O–H groups in total. The van der Waals surface area contributed by atoms with Crippen molar-refractivity contribution in [3.8, 4) is 0 Å². The van der Waals surface area contributed by atoms with Crippen LogP contribution in [-0.2, 0) is 24.8 Å². The van der Waals surface area contributed by atoms with E-state index in [1.54, 1.807) is 32.0 Å². The number of nitrogens with one attached hydrogen (secondary N) is 1. The Morgan fingerprint density at radius 1 is 1.00 bits per heavy atom. The van der Waals surface area contributed by atoms with E-state index in [9.17, 15) is 21.6 Å². The number of carboxylic acids is 1. The first-order chi connectivity index (χ1) is 13.9. The zero-order valence-corrected chi connectivity index (χ0v) is 19.0. The number of sulfonamides is 2. The van der Waals surface area contributed by atoms with Gasteiger partial charge in [-0.1, -0.05) is 23.8 Å². The molecular weight excluding hydrogens is 428 g/mol. The first kappa shape index (κ1) is 23.8. The van der Waals surface area contributed by atoms with Crippen LogP contribution in [0.1, 0.15) is 29.5 Å². The number of anilines is 1. The molecule has 2 aromatic rings. The van der Waals surface area contributed by atoms with E-state index >= 15 is 0 Å². The van der Waals surface area contributed by atoms with E-state index in [1.165, 1.54) is 25.2 Å². The number of nitrogens with zero attached hydrogens (tertiary/aromatic N) is 1. The monoisotopic (exact) mass is 454 g/mol. The summed E-state index contributed by atoms with van der Waals surface area (Å²) in [7, 11) is -6.45. The van der Waals surface area contributed by atoms with E-state index in [1.807, 2.05) is 6.92 Å². The van der Waals surface area contributed by atoms with E-state index in [4.69, 9.17) is 5.11 Å². The Kier molecular flexibility index (Phi) is 7.27. The van der Waals surface area contributed by atoms with Gasteiger partial charge in [-0.15, -0.1) is 0 Å². The predicted molar refractivity (Wildman–Crippen MR) is 115 cm³/mol. The minimum Gasteiger partial charge on any atom is -0.481 e. The van der Waals surface area contributed by atoms with Crippen LogP contribution in [0.4, 0.5) is 5.69 Å². The molecule has 0 amide bonds. The van der Waals surface area contributed by atoms with Crippen LogP contribution in [-0.4, -0.2) is 41.5 Å². The van der Waals surface area contributed by atoms with Crippen LogP contribution in [0, 0.1) is 20.8 Å². The highest BCUT2D eigenvalue weighted by molar-refractivity contribution is 7.92. The number of aryl methyl sites for hydroxylation is 2. The van der Waals surface area contributed by atoms with Gasteiger partial charge >= 0.3 is 5.97 Å². The van der Waals surface area contributed by atoms with Gasteiger partial charge in [0.2, 0.25) is 10.0 Å². The fraction of sp³-hybridized carbons (Fsp3) is 0.350. The Hall–Kier alpha value is -2.43. The summed E-state index contributed by atoms with van der Waals surface area (Å²) in [5, 5.41) is 8.68. The van der Waals surface area contributed by atoms with Crippen LogP contribution in [0.5, 0.6) is 0 Å². The number of carbonyl (C=O) groups is 1. The Balaban J connectivity index is 2.42. The molecule has 8 nitrogen and oxygen atoms in total. The number of benzene rings is 2. The van der Waals surface area contributed by atoms with Gasteiger partial charge in [-0.2, -0.15) is 0 Å². The fourth-order valence-electron chi connectivity index (χ4n) is 3.11. The van der Waals surface area contributed by atoms with E-state index in [0.717, 1.165) is 9.87 Å². The lowest BCUT2D eigenvalue weighted by molar-refractivity contribution is -0.137. The van der Waals surface area contributed by atoms with Gasteiger partial charge in [0.1, 0.15) is 0 Å². The zero-order chi connectivity index (χ0) is 22.7. The summed E-state index contributed by atoms with van der Waals surface area (Å²) in [6, 6.07) is 9.38. The molecule has 30 heavy (non-hydrogen) atoms. The average Bonchev–Trinajstić information content (AvgIpc) is 2.65. The highest BCUT2D eigenvalue weighted by Gasteiger charge is 2.27. The molecule has 0 aliphatic rings. The summed E-state index contributed by atoms with van der Waals surface area (Å²) in [6.07, 6.45) is -0.00772. The molecule has 0 aliphatic heterocycles. The molecular formula is C20H26N2O6S2. The van der Waals surface area contributed by atoms with Gasteiger partial charge in [0.05, 0.1) is 15.5 Å². The summed E-state index contributed by atoms with van der Waals surface area (Å²) in [6.45, 7) is 5.08. The summed E-state index contributed by atoms with van der Waals surface area (Å²) >= 11 is 0. The second-order valence-electron chi connectivity index (χ2n) is 7.03. The maximum atomic E-state index is 13.1. The van der Waals surface area contributed by atoms with Crippen molar-refractivity contribution in [1.29, 1.82) is 0 Å². The van der Waals surface area contributed by atoms with Gasteiger partial charge in [-0.25, -0.2) is 21.6 Å². The number of carboxylic acid groups (broad SMARTS) is 1. The number of aliphatic carboxylic acids is 1. The average molecular weight is 455 g/mol. The van der Waals surface area contributed by atoms with E-state index in [0.29, 0.717) is 11.1 Å². The lowest BCUT2D eigenvalue weighted by Crippen LogP contribution is -2.30. The highest BCUT2D eigenvalue weighted by Crippen LogP contribution is 2.32. The van der Waals surface area contributed by atoms with Crippen molar-refractivity contribution in [2.24, 2.45) is 0 Å². The molecule has 0 unspecified atom stereocenters. The van der Waals surface area contributed by atoms with Crippen LogP contribution >= 0.6 is 0 Å². The zero-order valence-electron chi connectivity index (χ0n) is 17.3. The molecule has 0 atom stereocenters. The first-order valence-electron chi connectivity index (χ1n) is 9.25. The summed E-state index contributed by atoms with van der Waals surface area (Å²) in [5.41, 5.74) is 2.10. The first-order valence-corrected chi connectivity index (χ1v) is 12.2. The lowest BCUT2D eigenvalue weighted by atomic mass is 10.1. The van der Waals surface area contributed by atoms with Crippen LogP contribution in [0.25, 0.3) is 0 Å². The van der Waals surface area contributed by atoms with Gasteiger partial charge < -0.3 is 5.11 Å². The van der Waals surface area contributed by atoms with Gasteiger partial charge in [0.25, 0.3) is 10.0 Å². The molecule has 0 aliphatic carbocycles. The van der Waals surface area contributed by atoms with E-state index < -0.39 is 26.0 Å². The molecule has 0 saturated carbocycles. The Labute approximate surface area is 177 Å². The predicted octanol–water partition coefficient (Wildman–Crippen LogP) is 2.58. The molecule has 0 spiro atoms. The minimum absolute atomic E-state index is 0.0329. The lowest BCUT2D eigenvalue weighted by Gasteiger charge is -2.25. The SMILES string of the molecule is Cc1ccc(S(=O)(=O)N(C)c2c(C)ccc(S(=O)(=O)NCCCC(=O)O)c2C)cc1. The molecule has 0 radical (unpaired) electrons. The summed E-state index contributed by atoms with van der Waals surface area (Å²) in [4.78, 5) is 10.6. The van der Waals surface area contributed by atoms with Crippen molar-refractivity contribution in [3.05, 3.63) is 53.1 Å². The molecule has 0 fully saturated rings. The second-order valence-corrected chi connectivity index (χ2v) is 10.7. The summed E-state index contributed by atoms with van der Waals surface area (Å²) < 4.78 is 55.1. The molecule has 0 bridgehead atoms. The van der Waals surface area contributed by atoms with Crippen LogP contribution in [0.3, 0.4) is 0 Å². The van der Waals surface area contributed by atoms with Crippen molar-refractivity contribution in [2.75, 3.05) is 17.9 Å². The third-order valence-electron chi connectivity index (χ3n) is 4.73. The van der Waals surface area contributed by atoms with Crippen molar-refractivity contribution < 1.29 is 26.7 Å². The van der Waals surface area contributed by atoms with Crippen LogP contribution in [0.2, 0.25) is 0 Å². The third kappa shape index (κ3) is 5.18. The van der Waals surface area contributed by atoms with Crippen molar-refractivity contribution >= 4 is 31.7 Å². The van der Waals surface area contributed by atoms with Crippen molar-refractivity contribution in [3.63, 3.8) is 0 Å². The van der Waals surface area contributed by atoms with Crippen LogP contribution in [0.15, 0.2) is 46.2 Å². The van der Waals surface area contributed by atoms with Crippen molar-refractivity contribution in [1.82, 2.24) is 4.72 Å². The second kappa shape index (κ2) is 9.15. The Morgan fingerprint density at radius 2 is 1.60 bits per heavy atom. The molecule has 2 rings (SSSR count). The number of hydrogen-bond acceptors (Lipinski definition) is 5. The van der Waals surface area contributed by atoms with Crippen molar-refractivity contribution in [2.45, 2.75) is 43.4 Å². The highest BCUT2D eigenvalue weighted by atomic mass is 32.2. The van der Waals surface area contributed by atoms with Gasteiger partial charge in [-0.05, 0) is 56.5 Å². The quantitative estimate of drug-likeness (QED) is 0.562. The van der Waals surface area contributed by atoms with Gasteiger partial charge in [0, 0.05) is 20.0 Å².